The van der Waals surface area contributed by atoms with Crippen molar-refractivity contribution in [3.05, 3.63) is 51.0 Å². The average Bonchev–Trinajstić information content (AvgIpc) is 2.98. The summed E-state index contributed by atoms with van der Waals surface area (Å²) in [5.41, 5.74) is 1.67. The summed E-state index contributed by atoms with van der Waals surface area (Å²) in [6.45, 7) is 2.32. The zero-order valence-corrected chi connectivity index (χ0v) is 14.8. The summed E-state index contributed by atoms with van der Waals surface area (Å²) >= 11 is 17.6. The first-order valence-corrected chi connectivity index (χ1v) is 8.18. The van der Waals surface area contributed by atoms with Crippen LogP contribution in [0.25, 0.3) is 0 Å². The third-order valence-corrected chi connectivity index (χ3v) is 4.38. The molecule has 1 aromatic carbocycles. The zero-order valence-electron chi connectivity index (χ0n) is 12.6. The molecule has 24 heavy (non-hydrogen) atoms. The van der Waals surface area contributed by atoms with Gasteiger partial charge in [0.2, 0.25) is 5.28 Å². The quantitative estimate of drug-likeness (QED) is 0.802. The molecule has 0 fully saturated rings. The monoisotopic (exact) mass is 383 g/mol. The number of amidine groups is 1. The fourth-order valence-corrected chi connectivity index (χ4v) is 2.71. The number of anilines is 1. The molecule has 2 heterocycles. The highest BCUT2D eigenvalue weighted by Crippen LogP contribution is 2.28. The van der Waals surface area contributed by atoms with Crippen molar-refractivity contribution in [2.24, 2.45) is 5.10 Å². The Kier molecular flexibility index (Phi) is 4.89. The maximum absolute atomic E-state index is 12.3. The van der Waals surface area contributed by atoms with Crippen LogP contribution in [-0.2, 0) is 0 Å². The standard InChI is InChI=1S/C15H12Cl3N5O/c1-8-10(7-19-15(18)20-8)14(24)21-13-4-5-23(22-13)9-2-3-11(16)12(17)6-9/h2-3,6-7H,4-5H2,1H3,(H,21,22,24). The molecule has 1 aliphatic heterocycles. The Labute approximate surface area is 153 Å². The van der Waals surface area contributed by atoms with Gasteiger partial charge in [-0.2, -0.15) is 5.10 Å². The van der Waals surface area contributed by atoms with Gasteiger partial charge in [-0.05, 0) is 36.7 Å². The predicted molar refractivity (Wildman–Crippen MR) is 95.1 cm³/mol. The van der Waals surface area contributed by atoms with E-state index in [4.69, 9.17) is 34.8 Å². The third kappa shape index (κ3) is 3.61. The first kappa shape index (κ1) is 17.0. The summed E-state index contributed by atoms with van der Waals surface area (Å²) in [5.74, 6) is 0.235. The lowest BCUT2D eigenvalue weighted by molar-refractivity contribution is 0.0975. The molecule has 9 heteroatoms. The van der Waals surface area contributed by atoms with E-state index in [9.17, 15) is 4.79 Å². The van der Waals surface area contributed by atoms with E-state index in [1.807, 2.05) is 6.07 Å². The number of benzene rings is 1. The van der Waals surface area contributed by atoms with Crippen LogP contribution in [0.2, 0.25) is 15.3 Å². The van der Waals surface area contributed by atoms with Gasteiger partial charge in [-0.25, -0.2) is 9.97 Å². The van der Waals surface area contributed by atoms with Gasteiger partial charge in [0, 0.05) is 19.2 Å². The summed E-state index contributed by atoms with van der Waals surface area (Å²) in [4.78, 5) is 20.1. The summed E-state index contributed by atoms with van der Waals surface area (Å²) in [7, 11) is 0. The Balaban J connectivity index is 1.74. The van der Waals surface area contributed by atoms with E-state index >= 15 is 0 Å². The van der Waals surface area contributed by atoms with E-state index < -0.39 is 0 Å². The lowest BCUT2D eigenvalue weighted by Crippen LogP contribution is -2.30. The van der Waals surface area contributed by atoms with Crippen LogP contribution in [0.1, 0.15) is 22.5 Å². The number of aromatic nitrogens is 2. The molecule has 1 N–H and O–H groups in total. The fourth-order valence-electron chi connectivity index (χ4n) is 2.24. The normalized spacial score (nSPS) is 13.8. The fraction of sp³-hybridized carbons (Fsp3) is 0.200. The molecule has 0 bridgehead atoms. The van der Waals surface area contributed by atoms with E-state index in [2.05, 4.69) is 20.4 Å². The van der Waals surface area contributed by atoms with Crippen LogP contribution in [-0.4, -0.2) is 28.3 Å². The molecule has 1 aliphatic rings. The summed E-state index contributed by atoms with van der Waals surface area (Å²) in [6.07, 6.45) is 1.99. The highest BCUT2D eigenvalue weighted by atomic mass is 35.5. The Hall–Kier alpha value is -1.89. The number of carbonyl (C=O) groups is 1. The smallest absolute Gasteiger partial charge is 0.260 e. The van der Waals surface area contributed by atoms with Gasteiger partial charge < -0.3 is 5.32 Å². The minimum absolute atomic E-state index is 0.105. The van der Waals surface area contributed by atoms with Crippen molar-refractivity contribution < 1.29 is 4.79 Å². The van der Waals surface area contributed by atoms with Gasteiger partial charge in [0.15, 0.2) is 0 Å². The molecule has 124 valence electrons. The van der Waals surface area contributed by atoms with E-state index in [0.29, 0.717) is 40.1 Å². The molecule has 0 saturated carbocycles. The second kappa shape index (κ2) is 6.93. The Bertz CT molecular complexity index is 840. The van der Waals surface area contributed by atoms with Crippen LogP contribution in [0.3, 0.4) is 0 Å². The number of amides is 1. The number of nitrogens with one attached hydrogen (secondary N) is 1. The van der Waals surface area contributed by atoms with Crippen LogP contribution in [0, 0.1) is 6.92 Å². The average molecular weight is 385 g/mol. The molecule has 0 unspecified atom stereocenters. The minimum atomic E-state index is -0.320. The van der Waals surface area contributed by atoms with E-state index in [1.165, 1.54) is 6.20 Å². The Morgan fingerprint density at radius 2 is 2.04 bits per heavy atom. The number of rotatable bonds is 2. The van der Waals surface area contributed by atoms with Gasteiger partial charge in [0.25, 0.3) is 5.91 Å². The molecule has 0 atom stereocenters. The molecule has 0 saturated heterocycles. The van der Waals surface area contributed by atoms with Gasteiger partial charge in [-0.15, -0.1) is 0 Å². The SMILES string of the molecule is Cc1nc(Cl)ncc1C(=O)NC1=NN(c2ccc(Cl)c(Cl)c2)CC1. The third-order valence-electron chi connectivity index (χ3n) is 3.46. The van der Waals surface area contributed by atoms with E-state index in [1.54, 1.807) is 24.1 Å². The highest BCUT2D eigenvalue weighted by Gasteiger charge is 2.20. The Morgan fingerprint density at radius 1 is 1.25 bits per heavy atom. The van der Waals surface area contributed by atoms with Crippen molar-refractivity contribution in [2.45, 2.75) is 13.3 Å². The van der Waals surface area contributed by atoms with Crippen LogP contribution >= 0.6 is 34.8 Å². The van der Waals surface area contributed by atoms with Crippen LogP contribution in [0.5, 0.6) is 0 Å². The second-order valence-corrected chi connectivity index (χ2v) is 6.26. The van der Waals surface area contributed by atoms with Crippen molar-refractivity contribution in [1.82, 2.24) is 15.3 Å². The van der Waals surface area contributed by atoms with Crippen molar-refractivity contribution in [3.8, 4) is 0 Å². The predicted octanol–water partition coefficient (Wildman–Crippen LogP) is 3.70. The van der Waals surface area contributed by atoms with Gasteiger partial charge in [-0.3, -0.25) is 9.80 Å². The van der Waals surface area contributed by atoms with Crippen molar-refractivity contribution in [3.63, 3.8) is 0 Å². The number of hydrogen-bond acceptors (Lipinski definition) is 5. The lowest BCUT2D eigenvalue weighted by Gasteiger charge is -2.13. The minimum Gasteiger partial charge on any atom is -0.308 e. The number of carbonyl (C=O) groups excluding carboxylic acids is 1. The maximum atomic E-state index is 12.3. The molecular weight excluding hydrogens is 373 g/mol. The first-order valence-electron chi connectivity index (χ1n) is 7.04. The van der Waals surface area contributed by atoms with Gasteiger partial charge in [-0.1, -0.05) is 23.2 Å². The van der Waals surface area contributed by atoms with Crippen LogP contribution in [0.4, 0.5) is 5.69 Å². The molecule has 3 rings (SSSR count). The zero-order chi connectivity index (χ0) is 17.3. The topological polar surface area (TPSA) is 70.5 Å². The molecule has 0 radical (unpaired) electrons. The van der Waals surface area contributed by atoms with Crippen molar-refractivity contribution >= 4 is 52.2 Å². The molecule has 0 aliphatic carbocycles. The van der Waals surface area contributed by atoms with Gasteiger partial charge >= 0.3 is 0 Å². The van der Waals surface area contributed by atoms with Crippen molar-refractivity contribution in [2.75, 3.05) is 11.6 Å². The second-order valence-electron chi connectivity index (χ2n) is 5.11. The molecule has 2 aromatic rings. The maximum Gasteiger partial charge on any atom is 0.260 e. The molecule has 0 spiro atoms. The number of hydrazone groups is 1. The summed E-state index contributed by atoms with van der Waals surface area (Å²) in [6, 6.07) is 5.26. The number of nitrogens with zero attached hydrogens (tertiary/aromatic N) is 4. The highest BCUT2D eigenvalue weighted by molar-refractivity contribution is 6.42. The number of halogens is 3. The lowest BCUT2D eigenvalue weighted by atomic mass is 10.2. The summed E-state index contributed by atoms with van der Waals surface area (Å²) < 4.78 is 0. The van der Waals surface area contributed by atoms with Gasteiger partial charge in [0.05, 0.1) is 27.0 Å². The Morgan fingerprint density at radius 3 is 2.75 bits per heavy atom. The van der Waals surface area contributed by atoms with E-state index in [0.717, 1.165) is 5.69 Å². The summed E-state index contributed by atoms with van der Waals surface area (Å²) in [5, 5.41) is 9.95. The molecule has 1 amide bonds. The molecule has 6 nitrogen and oxygen atoms in total. The van der Waals surface area contributed by atoms with Crippen LogP contribution < -0.4 is 10.3 Å². The molecule has 1 aromatic heterocycles. The van der Waals surface area contributed by atoms with Crippen LogP contribution in [0.15, 0.2) is 29.5 Å². The van der Waals surface area contributed by atoms with Crippen molar-refractivity contribution in [1.29, 1.82) is 0 Å². The first-order chi connectivity index (χ1) is 11.4. The number of aryl methyl sites for hydroxylation is 1. The largest absolute Gasteiger partial charge is 0.308 e. The van der Waals surface area contributed by atoms with Gasteiger partial charge in [0.1, 0.15) is 5.84 Å². The van der Waals surface area contributed by atoms with E-state index in [-0.39, 0.29) is 11.2 Å². The number of hydrogen-bond donors (Lipinski definition) is 1. The molecular formula is C15H12Cl3N5O.